The SMILES string of the molecule is c1cnc2c(c1)-c1c[n+]3c4ccccc4oc3n1C2. The molecule has 90 valence electrons. The zero-order chi connectivity index (χ0) is 12.4. The summed E-state index contributed by atoms with van der Waals surface area (Å²) in [5.41, 5.74) is 5.50. The van der Waals surface area contributed by atoms with Crippen LogP contribution >= 0.6 is 0 Å². The van der Waals surface area contributed by atoms with Crippen LogP contribution in [0.25, 0.3) is 28.2 Å². The maximum atomic E-state index is 5.96. The topological polar surface area (TPSA) is 35.1 Å². The van der Waals surface area contributed by atoms with Crippen molar-refractivity contribution in [2.45, 2.75) is 6.54 Å². The maximum Gasteiger partial charge on any atom is 0.468 e. The Bertz CT molecular complexity index is 949. The second-order valence-corrected chi connectivity index (χ2v) is 4.82. The molecule has 0 spiro atoms. The van der Waals surface area contributed by atoms with Crippen molar-refractivity contribution in [1.82, 2.24) is 9.55 Å². The maximum absolute atomic E-state index is 5.96. The Balaban J connectivity index is 1.93. The van der Waals surface area contributed by atoms with Gasteiger partial charge in [-0.25, -0.2) is 0 Å². The van der Waals surface area contributed by atoms with Gasteiger partial charge in [-0.3, -0.25) is 4.98 Å². The fourth-order valence-electron chi connectivity index (χ4n) is 2.91. The Morgan fingerprint density at radius 3 is 3.11 bits per heavy atom. The lowest BCUT2D eigenvalue weighted by Crippen LogP contribution is -2.16. The fraction of sp³-hybridized carbons (Fsp3) is 0.0667. The highest BCUT2D eigenvalue weighted by Gasteiger charge is 2.32. The third-order valence-electron chi connectivity index (χ3n) is 3.78. The molecule has 0 unspecified atom stereocenters. The molecule has 0 saturated heterocycles. The van der Waals surface area contributed by atoms with E-state index in [1.807, 2.05) is 30.5 Å². The van der Waals surface area contributed by atoms with Crippen LogP contribution in [0.15, 0.2) is 53.2 Å². The smallest absolute Gasteiger partial charge is 0.387 e. The predicted molar refractivity (Wildman–Crippen MR) is 69.7 cm³/mol. The van der Waals surface area contributed by atoms with Crippen molar-refractivity contribution >= 4 is 16.9 Å². The molecule has 0 saturated carbocycles. The summed E-state index contributed by atoms with van der Waals surface area (Å²) in [5.74, 6) is 0.870. The van der Waals surface area contributed by atoms with Crippen molar-refractivity contribution in [3.8, 4) is 11.3 Å². The van der Waals surface area contributed by atoms with Crippen LogP contribution in [-0.2, 0) is 6.54 Å². The summed E-state index contributed by atoms with van der Waals surface area (Å²) < 4.78 is 10.3. The molecular weight excluding hydrogens is 238 g/mol. The number of hydrogen-bond donors (Lipinski definition) is 0. The Kier molecular flexibility index (Phi) is 1.49. The summed E-state index contributed by atoms with van der Waals surface area (Å²) in [5, 5.41) is 0. The van der Waals surface area contributed by atoms with Crippen LogP contribution in [0.1, 0.15) is 5.69 Å². The van der Waals surface area contributed by atoms with E-state index in [2.05, 4.69) is 32.3 Å². The van der Waals surface area contributed by atoms with Crippen molar-refractivity contribution in [3.05, 3.63) is 54.5 Å². The lowest BCUT2D eigenvalue weighted by molar-refractivity contribution is -0.484. The van der Waals surface area contributed by atoms with E-state index < -0.39 is 0 Å². The Labute approximate surface area is 108 Å². The molecule has 1 aliphatic rings. The molecule has 1 aromatic carbocycles. The van der Waals surface area contributed by atoms with Crippen molar-refractivity contribution < 1.29 is 8.82 Å². The van der Waals surface area contributed by atoms with Crippen LogP contribution in [-0.4, -0.2) is 9.55 Å². The number of benzene rings is 1. The molecule has 19 heavy (non-hydrogen) atoms. The second kappa shape index (κ2) is 3.03. The molecular formula is C15H10N3O+. The lowest BCUT2D eigenvalue weighted by atomic mass is 10.2. The Morgan fingerprint density at radius 2 is 2.11 bits per heavy atom. The third kappa shape index (κ3) is 1.04. The number of imidazole rings is 1. The van der Waals surface area contributed by atoms with E-state index >= 15 is 0 Å². The van der Waals surface area contributed by atoms with Gasteiger partial charge in [-0.15, -0.1) is 0 Å². The summed E-state index contributed by atoms with van der Waals surface area (Å²) in [7, 11) is 0. The zero-order valence-electron chi connectivity index (χ0n) is 10.1. The first-order valence-electron chi connectivity index (χ1n) is 6.28. The number of nitrogens with zero attached hydrogens (tertiary/aromatic N) is 3. The normalized spacial score (nSPS) is 13.1. The summed E-state index contributed by atoms with van der Waals surface area (Å²) >= 11 is 0. The number of aromatic nitrogens is 3. The van der Waals surface area contributed by atoms with E-state index in [0.717, 1.165) is 29.2 Å². The second-order valence-electron chi connectivity index (χ2n) is 4.82. The highest BCUT2D eigenvalue weighted by atomic mass is 16.4. The standard InChI is InChI=1S/C15H10N3O/c1-2-6-14-12(5-1)18-9-13-10-4-3-7-16-11(10)8-17(13)15(18)19-14/h1-7,9H,8H2/q+1. The number of pyridine rings is 1. The van der Waals surface area contributed by atoms with E-state index in [1.165, 1.54) is 11.3 Å². The van der Waals surface area contributed by atoms with Gasteiger partial charge in [0.1, 0.15) is 12.7 Å². The number of rotatable bonds is 0. The van der Waals surface area contributed by atoms with Crippen molar-refractivity contribution in [2.75, 3.05) is 0 Å². The summed E-state index contributed by atoms with van der Waals surface area (Å²) in [6, 6.07) is 12.2. The Hall–Kier alpha value is -2.62. The summed E-state index contributed by atoms with van der Waals surface area (Å²) in [6.45, 7) is 0.780. The van der Waals surface area contributed by atoms with Gasteiger partial charge in [-0.2, -0.15) is 8.97 Å². The van der Waals surface area contributed by atoms with E-state index in [9.17, 15) is 0 Å². The van der Waals surface area contributed by atoms with E-state index in [4.69, 9.17) is 4.42 Å². The molecule has 4 aromatic rings. The average Bonchev–Trinajstić information content (AvgIpc) is 3.07. The molecule has 4 nitrogen and oxygen atoms in total. The van der Waals surface area contributed by atoms with Crippen LogP contribution in [0.3, 0.4) is 0 Å². The molecule has 0 fully saturated rings. The van der Waals surface area contributed by atoms with Gasteiger partial charge in [-0.1, -0.05) is 12.1 Å². The molecule has 0 N–H and O–H groups in total. The van der Waals surface area contributed by atoms with Crippen LogP contribution in [0.4, 0.5) is 0 Å². The van der Waals surface area contributed by atoms with Crippen molar-refractivity contribution in [3.63, 3.8) is 0 Å². The first-order valence-corrected chi connectivity index (χ1v) is 6.28. The molecule has 5 rings (SSSR count). The third-order valence-corrected chi connectivity index (χ3v) is 3.78. The molecule has 1 aliphatic heterocycles. The van der Waals surface area contributed by atoms with Crippen molar-refractivity contribution in [1.29, 1.82) is 0 Å². The van der Waals surface area contributed by atoms with Crippen molar-refractivity contribution in [2.24, 2.45) is 0 Å². The molecule has 0 amide bonds. The molecule has 3 aromatic heterocycles. The molecule has 0 aliphatic carbocycles. The summed E-state index contributed by atoms with van der Waals surface area (Å²) in [4.78, 5) is 4.44. The van der Waals surface area contributed by atoms with Gasteiger partial charge in [0.05, 0.1) is 11.3 Å². The largest absolute Gasteiger partial charge is 0.468 e. The average molecular weight is 248 g/mol. The quantitative estimate of drug-likeness (QED) is 0.394. The van der Waals surface area contributed by atoms with E-state index in [0.29, 0.717) is 0 Å². The molecule has 0 bridgehead atoms. The molecule has 0 atom stereocenters. The molecule has 0 radical (unpaired) electrons. The minimum Gasteiger partial charge on any atom is -0.387 e. The zero-order valence-corrected chi connectivity index (χ0v) is 10.1. The van der Waals surface area contributed by atoms with Gasteiger partial charge in [0.2, 0.25) is 0 Å². The van der Waals surface area contributed by atoms with Crippen LogP contribution in [0.5, 0.6) is 0 Å². The monoisotopic (exact) mass is 248 g/mol. The highest BCUT2D eigenvalue weighted by Crippen LogP contribution is 2.32. The number of para-hydroxylation sites is 2. The number of oxazole rings is 1. The first-order chi connectivity index (χ1) is 9.42. The van der Waals surface area contributed by atoms with Gasteiger partial charge in [0.15, 0.2) is 16.8 Å². The van der Waals surface area contributed by atoms with Crippen LogP contribution in [0, 0.1) is 0 Å². The van der Waals surface area contributed by atoms with Gasteiger partial charge in [0, 0.05) is 6.20 Å². The minimum absolute atomic E-state index is 0.780. The predicted octanol–water partition coefficient (Wildman–Crippen LogP) is 2.40. The summed E-state index contributed by atoms with van der Waals surface area (Å²) in [6.07, 6.45) is 3.98. The van der Waals surface area contributed by atoms with Gasteiger partial charge < -0.3 is 4.42 Å². The Morgan fingerprint density at radius 1 is 1.16 bits per heavy atom. The van der Waals surface area contributed by atoms with Gasteiger partial charge in [0.25, 0.3) is 0 Å². The molecule has 4 heteroatoms. The number of fused-ring (bicyclic) bond motifs is 7. The fourth-order valence-corrected chi connectivity index (χ4v) is 2.91. The molecule has 4 heterocycles. The van der Waals surface area contributed by atoms with Crippen LogP contribution in [0.2, 0.25) is 0 Å². The highest BCUT2D eigenvalue weighted by molar-refractivity contribution is 5.73. The van der Waals surface area contributed by atoms with E-state index in [-0.39, 0.29) is 0 Å². The van der Waals surface area contributed by atoms with Gasteiger partial charge in [-0.05, 0) is 24.3 Å². The number of hydrogen-bond acceptors (Lipinski definition) is 2. The first kappa shape index (κ1) is 9.33. The van der Waals surface area contributed by atoms with E-state index in [1.54, 1.807) is 0 Å². The van der Waals surface area contributed by atoms with Crippen LogP contribution < -0.4 is 4.40 Å². The minimum atomic E-state index is 0.780. The lowest BCUT2D eigenvalue weighted by Gasteiger charge is -1.90. The van der Waals surface area contributed by atoms with Gasteiger partial charge >= 0.3 is 5.84 Å².